The van der Waals surface area contributed by atoms with Crippen molar-refractivity contribution in [2.45, 2.75) is 6.61 Å². The Bertz CT molecular complexity index is 1290. The minimum Gasteiger partial charge on any atom is -0.493 e. The molecule has 1 saturated heterocycles. The van der Waals surface area contributed by atoms with Gasteiger partial charge >= 0.3 is 6.03 Å². The van der Waals surface area contributed by atoms with E-state index in [2.05, 4.69) is 5.32 Å². The van der Waals surface area contributed by atoms with Gasteiger partial charge in [-0.1, -0.05) is 41.4 Å². The Labute approximate surface area is 205 Å². The maximum absolute atomic E-state index is 13.0. The van der Waals surface area contributed by atoms with Crippen molar-refractivity contribution < 1.29 is 23.9 Å². The zero-order valence-corrected chi connectivity index (χ0v) is 19.4. The highest BCUT2D eigenvalue weighted by Crippen LogP contribution is 2.31. The maximum Gasteiger partial charge on any atom is 0.335 e. The number of ether oxygens (including phenoxy) is 2. The molecule has 4 rings (SSSR count). The molecule has 9 heteroatoms. The number of methoxy groups -OCH3 is 1. The molecule has 1 heterocycles. The second-order valence-corrected chi connectivity index (χ2v) is 8.13. The van der Waals surface area contributed by atoms with E-state index in [1.165, 1.54) is 25.3 Å². The molecule has 1 N–H and O–H groups in total. The molecule has 3 aromatic carbocycles. The number of anilines is 1. The van der Waals surface area contributed by atoms with Crippen LogP contribution in [-0.2, 0) is 16.2 Å². The lowest BCUT2D eigenvalue weighted by Gasteiger charge is -2.26. The summed E-state index contributed by atoms with van der Waals surface area (Å²) in [5.41, 5.74) is 1.52. The van der Waals surface area contributed by atoms with Crippen molar-refractivity contribution in [1.29, 1.82) is 0 Å². The second kappa shape index (κ2) is 9.99. The fourth-order valence-electron chi connectivity index (χ4n) is 3.28. The summed E-state index contributed by atoms with van der Waals surface area (Å²) in [6.07, 6.45) is 1.39. The smallest absolute Gasteiger partial charge is 0.335 e. The van der Waals surface area contributed by atoms with E-state index in [4.69, 9.17) is 32.7 Å². The van der Waals surface area contributed by atoms with Gasteiger partial charge in [-0.15, -0.1) is 0 Å². The summed E-state index contributed by atoms with van der Waals surface area (Å²) in [5, 5.41) is 3.27. The van der Waals surface area contributed by atoms with Gasteiger partial charge in [0.25, 0.3) is 11.8 Å². The molecule has 1 aliphatic heterocycles. The van der Waals surface area contributed by atoms with Crippen LogP contribution in [0.15, 0.2) is 72.3 Å². The number of barbiturate groups is 1. The van der Waals surface area contributed by atoms with Crippen LogP contribution in [0.4, 0.5) is 10.5 Å². The van der Waals surface area contributed by atoms with Gasteiger partial charge in [-0.2, -0.15) is 0 Å². The quantitative estimate of drug-likeness (QED) is 0.372. The topological polar surface area (TPSA) is 84.9 Å². The summed E-state index contributed by atoms with van der Waals surface area (Å²) in [4.78, 5) is 38.6. The van der Waals surface area contributed by atoms with E-state index in [0.29, 0.717) is 33.7 Å². The largest absolute Gasteiger partial charge is 0.493 e. The molecule has 1 fully saturated rings. The van der Waals surface area contributed by atoms with Crippen LogP contribution < -0.4 is 19.7 Å². The Balaban J connectivity index is 1.58. The minimum absolute atomic E-state index is 0.202. The van der Waals surface area contributed by atoms with Crippen molar-refractivity contribution in [2.24, 2.45) is 0 Å². The van der Waals surface area contributed by atoms with Gasteiger partial charge < -0.3 is 9.47 Å². The molecule has 3 aromatic rings. The molecule has 34 heavy (non-hydrogen) atoms. The SMILES string of the molecule is COc1cc(C=C2C(=O)NC(=O)N(c3ccc(Cl)cc3)C2=O)ccc1OCc1ccc(Cl)cc1. The summed E-state index contributed by atoms with van der Waals surface area (Å²) in [6, 6.07) is 17.5. The van der Waals surface area contributed by atoms with Crippen molar-refractivity contribution >= 4 is 52.8 Å². The summed E-state index contributed by atoms with van der Waals surface area (Å²) in [7, 11) is 1.49. The number of amides is 4. The molecule has 0 atom stereocenters. The predicted molar refractivity (Wildman–Crippen MR) is 129 cm³/mol. The van der Waals surface area contributed by atoms with Gasteiger partial charge in [0.05, 0.1) is 12.8 Å². The Morgan fingerprint density at radius 1 is 0.882 bits per heavy atom. The zero-order valence-electron chi connectivity index (χ0n) is 17.9. The van der Waals surface area contributed by atoms with Crippen LogP contribution in [-0.4, -0.2) is 25.0 Å². The first-order valence-electron chi connectivity index (χ1n) is 10.1. The molecular weight excluding hydrogens is 479 g/mol. The molecule has 0 aliphatic carbocycles. The van der Waals surface area contributed by atoms with Gasteiger partial charge in [0, 0.05) is 10.0 Å². The first-order chi connectivity index (χ1) is 16.4. The highest BCUT2D eigenvalue weighted by atomic mass is 35.5. The van der Waals surface area contributed by atoms with E-state index >= 15 is 0 Å². The van der Waals surface area contributed by atoms with Gasteiger partial charge in [0.15, 0.2) is 11.5 Å². The highest BCUT2D eigenvalue weighted by molar-refractivity contribution is 6.39. The third-order valence-corrected chi connectivity index (χ3v) is 5.50. The number of imide groups is 2. The fraction of sp³-hybridized carbons (Fsp3) is 0.0800. The molecule has 1 aliphatic rings. The van der Waals surface area contributed by atoms with Gasteiger partial charge in [-0.05, 0) is 65.7 Å². The Hall–Kier alpha value is -3.81. The third kappa shape index (κ3) is 5.06. The third-order valence-electron chi connectivity index (χ3n) is 4.99. The first kappa shape index (κ1) is 23.4. The Morgan fingerprint density at radius 3 is 2.18 bits per heavy atom. The number of carbonyl (C=O) groups is 3. The van der Waals surface area contributed by atoms with E-state index in [0.717, 1.165) is 10.5 Å². The standard InChI is InChI=1S/C25H18Cl2N2O5/c1-33-22-13-16(4-11-21(22)34-14-15-2-5-17(26)6-3-15)12-20-23(30)28-25(32)29(24(20)31)19-9-7-18(27)8-10-19/h2-13H,14H2,1H3,(H,28,30,32). The van der Waals surface area contributed by atoms with E-state index < -0.39 is 17.8 Å². The number of nitrogens with one attached hydrogen (secondary N) is 1. The summed E-state index contributed by atoms with van der Waals surface area (Å²) in [6.45, 7) is 0.299. The monoisotopic (exact) mass is 496 g/mol. The van der Waals surface area contributed by atoms with E-state index in [-0.39, 0.29) is 11.3 Å². The van der Waals surface area contributed by atoms with Crippen molar-refractivity contribution in [3.8, 4) is 11.5 Å². The molecule has 0 saturated carbocycles. The van der Waals surface area contributed by atoms with Gasteiger partial charge in [0.2, 0.25) is 0 Å². The fourth-order valence-corrected chi connectivity index (χ4v) is 3.54. The van der Waals surface area contributed by atoms with E-state index in [9.17, 15) is 14.4 Å². The predicted octanol–water partition coefficient (Wildman–Crippen LogP) is 5.25. The molecule has 7 nitrogen and oxygen atoms in total. The number of carbonyl (C=O) groups excluding carboxylic acids is 3. The number of hydrogen-bond donors (Lipinski definition) is 1. The van der Waals surface area contributed by atoms with Gasteiger partial charge in [-0.25, -0.2) is 9.69 Å². The summed E-state index contributed by atoms with van der Waals surface area (Å²) >= 11 is 11.8. The van der Waals surface area contributed by atoms with Crippen molar-refractivity contribution in [1.82, 2.24) is 5.32 Å². The Morgan fingerprint density at radius 2 is 1.53 bits per heavy atom. The van der Waals surface area contributed by atoms with Crippen LogP contribution >= 0.6 is 23.2 Å². The molecule has 0 radical (unpaired) electrons. The van der Waals surface area contributed by atoms with Crippen LogP contribution in [0, 0.1) is 0 Å². The van der Waals surface area contributed by atoms with Crippen LogP contribution in [0.5, 0.6) is 11.5 Å². The van der Waals surface area contributed by atoms with Crippen molar-refractivity contribution in [3.05, 3.63) is 93.5 Å². The van der Waals surface area contributed by atoms with Crippen molar-refractivity contribution in [2.75, 3.05) is 12.0 Å². The van der Waals surface area contributed by atoms with Gasteiger partial charge in [0.1, 0.15) is 12.2 Å². The normalized spacial score (nSPS) is 14.9. The molecule has 0 aromatic heterocycles. The number of nitrogens with zero attached hydrogens (tertiary/aromatic N) is 1. The first-order valence-corrected chi connectivity index (χ1v) is 10.8. The summed E-state index contributed by atoms with van der Waals surface area (Å²) in [5.74, 6) is -0.644. The van der Waals surface area contributed by atoms with E-state index in [1.807, 2.05) is 12.1 Å². The van der Waals surface area contributed by atoms with Crippen molar-refractivity contribution in [3.63, 3.8) is 0 Å². The van der Waals surface area contributed by atoms with E-state index in [1.54, 1.807) is 42.5 Å². The lowest BCUT2D eigenvalue weighted by atomic mass is 10.1. The number of hydrogen-bond acceptors (Lipinski definition) is 5. The van der Waals surface area contributed by atoms with Gasteiger partial charge in [-0.3, -0.25) is 14.9 Å². The average molecular weight is 497 g/mol. The maximum atomic E-state index is 13.0. The average Bonchev–Trinajstić information content (AvgIpc) is 2.83. The summed E-state index contributed by atoms with van der Waals surface area (Å²) < 4.78 is 11.3. The molecule has 0 bridgehead atoms. The molecule has 0 spiro atoms. The highest BCUT2D eigenvalue weighted by Gasteiger charge is 2.36. The molecule has 0 unspecified atom stereocenters. The number of urea groups is 1. The zero-order chi connectivity index (χ0) is 24.2. The van der Waals surface area contributed by atoms with Crippen LogP contribution in [0.25, 0.3) is 6.08 Å². The van der Waals surface area contributed by atoms with Crippen LogP contribution in [0.1, 0.15) is 11.1 Å². The number of rotatable bonds is 6. The lowest BCUT2D eigenvalue weighted by Crippen LogP contribution is -2.54. The van der Waals surface area contributed by atoms with Crippen LogP contribution in [0.2, 0.25) is 10.0 Å². The lowest BCUT2D eigenvalue weighted by molar-refractivity contribution is -0.122. The molecular formula is C25H18Cl2N2O5. The molecule has 172 valence electrons. The minimum atomic E-state index is -0.835. The number of benzene rings is 3. The molecule has 4 amide bonds. The van der Waals surface area contributed by atoms with Crippen LogP contribution in [0.3, 0.4) is 0 Å². The second-order valence-electron chi connectivity index (χ2n) is 7.26. The Kier molecular flexibility index (Phi) is 6.86. The number of halogens is 2.